The maximum atomic E-state index is 6.03. The van der Waals surface area contributed by atoms with E-state index in [1.165, 1.54) is 0 Å². The number of hydrogen-bond acceptors (Lipinski definition) is 3. The van der Waals surface area contributed by atoms with Crippen LogP contribution in [0.3, 0.4) is 0 Å². The molecule has 0 radical (unpaired) electrons. The minimum absolute atomic E-state index is 0.440. The van der Waals surface area contributed by atoms with E-state index in [0.29, 0.717) is 5.92 Å². The molecule has 3 aromatic rings. The van der Waals surface area contributed by atoms with Gasteiger partial charge in [-0.15, -0.1) is 0 Å². The maximum Gasteiger partial charge on any atom is 0.164 e. The van der Waals surface area contributed by atoms with E-state index in [0.717, 1.165) is 47.2 Å². The lowest BCUT2D eigenvalue weighted by Crippen LogP contribution is -2.15. The molecule has 1 aliphatic heterocycles. The Labute approximate surface area is 134 Å². The number of likely N-dealkylation sites (tertiary alicyclic amines) is 1. The minimum Gasteiger partial charge on any atom is -0.306 e. The molecule has 4 rings (SSSR count). The standard InChI is InChI=1S/C17H17ClN4/c1-21-10-8-12(11-21)16-20-15-3-2-9-19-17(15)22(16)14-6-4-13(18)5-7-14/h2-7,9,12H,8,10-11H2,1H3. The number of likely N-dealkylation sites (N-methyl/N-ethyl adjacent to an activating group) is 1. The highest BCUT2D eigenvalue weighted by molar-refractivity contribution is 6.30. The molecule has 0 aliphatic carbocycles. The van der Waals surface area contributed by atoms with Crippen LogP contribution in [0.4, 0.5) is 0 Å². The fourth-order valence-corrected chi connectivity index (χ4v) is 3.32. The van der Waals surface area contributed by atoms with Crippen molar-refractivity contribution in [2.75, 3.05) is 20.1 Å². The summed E-state index contributed by atoms with van der Waals surface area (Å²) >= 11 is 6.03. The lowest BCUT2D eigenvalue weighted by Gasteiger charge is -2.14. The molecular weight excluding hydrogens is 296 g/mol. The summed E-state index contributed by atoms with van der Waals surface area (Å²) in [6.45, 7) is 2.15. The smallest absolute Gasteiger partial charge is 0.164 e. The first-order valence-electron chi connectivity index (χ1n) is 7.50. The molecule has 1 aliphatic rings. The van der Waals surface area contributed by atoms with E-state index in [9.17, 15) is 0 Å². The van der Waals surface area contributed by atoms with Gasteiger partial charge in [0.1, 0.15) is 11.3 Å². The summed E-state index contributed by atoms with van der Waals surface area (Å²) in [4.78, 5) is 11.8. The molecule has 4 nitrogen and oxygen atoms in total. The third-order valence-corrected chi connectivity index (χ3v) is 4.54. The average Bonchev–Trinajstić information content (AvgIpc) is 3.11. The molecule has 1 saturated heterocycles. The fraction of sp³-hybridized carbons (Fsp3) is 0.294. The van der Waals surface area contributed by atoms with Gasteiger partial charge < -0.3 is 4.90 Å². The van der Waals surface area contributed by atoms with Crippen molar-refractivity contribution in [2.24, 2.45) is 0 Å². The molecule has 3 heterocycles. The lowest BCUT2D eigenvalue weighted by atomic mass is 10.1. The Morgan fingerprint density at radius 2 is 2.00 bits per heavy atom. The van der Waals surface area contributed by atoms with Crippen molar-refractivity contribution in [2.45, 2.75) is 12.3 Å². The topological polar surface area (TPSA) is 34.0 Å². The average molecular weight is 313 g/mol. The summed E-state index contributed by atoms with van der Waals surface area (Å²) < 4.78 is 2.18. The summed E-state index contributed by atoms with van der Waals surface area (Å²) in [6, 6.07) is 11.8. The van der Waals surface area contributed by atoms with Gasteiger partial charge >= 0.3 is 0 Å². The molecular formula is C17H17ClN4. The molecule has 0 spiro atoms. The SMILES string of the molecule is CN1CCC(c2nc3cccnc3n2-c2ccc(Cl)cc2)C1. The van der Waals surface area contributed by atoms with E-state index in [-0.39, 0.29) is 0 Å². The van der Waals surface area contributed by atoms with Gasteiger partial charge in [-0.2, -0.15) is 0 Å². The van der Waals surface area contributed by atoms with Gasteiger partial charge in [0.2, 0.25) is 0 Å². The number of fused-ring (bicyclic) bond motifs is 1. The monoisotopic (exact) mass is 312 g/mol. The summed E-state index contributed by atoms with van der Waals surface area (Å²) in [5.74, 6) is 1.54. The predicted octanol–water partition coefficient (Wildman–Crippen LogP) is 3.49. The van der Waals surface area contributed by atoms with Gasteiger partial charge in [0, 0.05) is 29.4 Å². The van der Waals surface area contributed by atoms with E-state index < -0.39 is 0 Å². The van der Waals surface area contributed by atoms with Crippen LogP contribution in [0.25, 0.3) is 16.9 Å². The molecule has 0 bridgehead atoms. The van der Waals surface area contributed by atoms with Crippen molar-refractivity contribution in [3.63, 3.8) is 0 Å². The highest BCUT2D eigenvalue weighted by Gasteiger charge is 2.27. The Hall–Kier alpha value is -1.91. The van der Waals surface area contributed by atoms with Gasteiger partial charge in [0.15, 0.2) is 5.65 Å². The largest absolute Gasteiger partial charge is 0.306 e. The van der Waals surface area contributed by atoms with E-state index in [2.05, 4.69) is 21.5 Å². The Morgan fingerprint density at radius 3 is 2.73 bits per heavy atom. The zero-order chi connectivity index (χ0) is 15.1. The summed E-state index contributed by atoms with van der Waals surface area (Å²) in [5.41, 5.74) is 2.92. The summed E-state index contributed by atoms with van der Waals surface area (Å²) in [7, 11) is 2.16. The molecule has 1 fully saturated rings. The summed E-state index contributed by atoms with van der Waals surface area (Å²) in [6.07, 6.45) is 2.95. The first-order valence-corrected chi connectivity index (χ1v) is 7.88. The third kappa shape index (κ3) is 2.28. The van der Waals surface area contributed by atoms with E-state index in [4.69, 9.17) is 16.6 Å². The highest BCUT2D eigenvalue weighted by atomic mass is 35.5. The number of hydrogen-bond donors (Lipinski definition) is 0. The number of benzene rings is 1. The second kappa shape index (κ2) is 5.38. The van der Waals surface area contributed by atoms with Crippen LogP contribution in [0.2, 0.25) is 5.02 Å². The molecule has 1 unspecified atom stereocenters. The Kier molecular flexibility index (Phi) is 3.36. The quantitative estimate of drug-likeness (QED) is 0.726. The minimum atomic E-state index is 0.440. The Balaban J connectivity index is 1.92. The normalized spacial score (nSPS) is 19.1. The van der Waals surface area contributed by atoms with Crippen molar-refractivity contribution >= 4 is 22.8 Å². The van der Waals surface area contributed by atoms with Crippen LogP contribution in [-0.2, 0) is 0 Å². The fourth-order valence-electron chi connectivity index (χ4n) is 3.19. The van der Waals surface area contributed by atoms with Crippen LogP contribution < -0.4 is 0 Å². The van der Waals surface area contributed by atoms with E-state index >= 15 is 0 Å². The number of imidazole rings is 1. The van der Waals surface area contributed by atoms with Crippen molar-refractivity contribution in [1.82, 2.24) is 19.4 Å². The maximum absolute atomic E-state index is 6.03. The molecule has 0 saturated carbocycles. The molecule has 2 aromatic heterocycles. The van der Waals surface area contributed by atoms with Crippen LogP contribution in [0.5, 0.6) is 0 Å². The third-order valence-electron chi connectivity index (χ3n) is 4.28. The van der Waals surface area contributed by atoms with Gasteiger partial charge in [-0.1, -0.05) is 11.6 Å². The molecule has 0 N–H and O–H groups in total. The van der Waals surface area contributed by atoms with Gasteiger partial charge in [0.05, 0.1) is 0 Å². The zero-order valence-corrected chi connectivity index (χ0v) is 13.2. The first-order chi connectivity index (χ1) is 10.7. The van der Waals surface area contributed by atoms with Gasteiger partial charge in [0.25, 0.3) is 0 Å². The second-order valence-corrected chi connectivity index (χ2v) is 6.31. The first kappa shape index (κ1) is 13.7. The summed E-state index contributed by atoms with van der Waals surface area (Å²) in [5, 5.41) is 0.739. The zero-order valence-electron chi connectivity index (χ0n) is 12.4. The number of aromatic nitrogens is 3. The van der Waals surface area contributed by atoms with Crippen LogP contribution in [-0.4, -0.2) is 39.6 Å². The number of halogens is 1. The van der Waals surface area contributed by atoms with Crippen LogP contribution in [0.1, 0.15) is 18.2 Å². The van der Waals surface area contributed by atoms with Crippen LogP contribution >= 0.6 is 11.6 Å². The predicted molar refractivity (Wildman–Crippen MR) is 88.7 cm³/mol. The molecule has 22 heavy (non-hydrogen) atoms. The van der Waals surface area contributed by atoms with Crippen molar-refractivity contribution < 1.29 is 0 Å². The molecule has 1 atom stereocenters. The van der Waals surface area contributed by atoms with Gasteiger partial charge in [-0.05, 0) is 56.4 Å². The van der Waals surface area contributed by atoms with Crippen LogP contribution in [0, 0.1) is 0 Å². The van der Waals surface area contributed by atoms with E-state index in [1.807, 2.05) is 42.6 Å². The number of rotatable bonds is 2. The molecule has 0 amide bonds. The van der Waals surface area contributed by atoms with Crippen molar-refractivity contribution in [1.29, 1.82) is 0 Å². The van der Waals surface area contributed by atoms with Crippen molar-refractivity contribution in [3.05, 3.63) is 53.4 Å². The second-order valence-electron chi connectivity index (χ2n) is 5.88. The Bertz CT molecular complexity index is 809. The molecule has 1 aromatic carbocycles. The van der Waals surface area contributed by atoms with E-state index in [1.54, 1.807) is 0 Å². The van der Waals surface area contributed by atoms with Crippen molar-refractivity contribution in [3.8, 4) is 5.69 Å². The highest BCUT2D eigenvalue weighted by Crippen LogP contribution is 2.30. The Morgan fingerprint density at radius 1 is 1.18 bits per heavy atom. The van der Waals surface area contributed by atoms with Crippen LogP contribution in [0.15, 0.2) is 42.6 Å². The molecule has 5 heteroatoms. The lowest BCUT2D eigenvalue weighted by molar-refractivity contribution is 0.409. The van der Waals surface area contributed by atoms with Gasteiger partial charge in [-0.25, -0.2) is 9.97 Å². The number of pyridine rings is 1. The van der Waals surface area contributed by atoms with Gasteiger partial charge in [-0.3, -0.25) is 4.57 Å². The number of nitrogens with zero attached hydrogens (tertiary/aromatic N) is 4. The molecule has 112 valence electrons.